The molecule has 0 saturated carbocycles. The predicted molar refractivity (Wildman–Crippen MR) is 62.5 cm³/mol. The molecule has 0 amide bonds. The summed E-state index contributed by atoms with van der Waals surface area (Å²) in [6.45, 7) is 1.76. The minimum atomic E-state index is -1.13. The number of aromatic nitrogens is 3. The first-order valence-corrected chi connectivity index (χ1v) is 6.20. The van der Waals surface area contributed by atoms with Gasteiger partial charge in [0.05, 0.1) is 11.2 Å². The molecular formula is C11H10N3O3S-. The molecule has 2 rings (SSSR count). The van der Waals surface area contributed by atoms with E-state index < -0.39 is 11.2 Å². The molecule has 6 nitrogen and oxygen atoms in total. The zero-order valence-electron chi connectivity index (χ0n) is 9.57. The Morgan fingerprint density at radius 2 is 2.17 bits per heavy atom. The highest BCUT2D eigenvalue weighted by Gasteiger charge is 2.15. The highest BCUT2D eigenvalue weighted by molar-refractivity contribution is 8.00. The molecule has 0 aliphatic rings. The molecule has 0 radical (unpaired) electrons. The van der Waals surface area contributed by atoms with Gasteiger partial charge in [-0.3, -0.25) is 4.98 Å². The Bertz CT molecular complexity index is 529. The van der Waals surface area contributed by atoms with Crippen LogP contribution in [0.1, 0.15) is 13.3 Å². The van der Waals surface area contributed by atoms with E-state index in [-0.39, 0.29) is 5.22 Å². The fourth-order valence-electron chi connectivity index (χ4n) is 1.29. The third-order valence-corrected chi connectivity index (χ3v) is 3.39. The maximum absolute atomic E-state index is 10.8. The minimum absolute atomic E-state index is 0.220. The molecule has 94 valence electrons. The lowest BCUT2D eigenvalue weighted by atomic mass is 10.3. The molecule has 0 bridgehead atoms. The van der Waals surface area contributed by atoms with E-state index in [4.69, 9.17) is 4.42 Å². The smallest absolute Gasteiger partial charge is 0.277 e. The van der Waals surface area contributed by atoms with E-state index in [9.17, 15) is 9.90 Å². The third kappa shape index (κ3) is 2.86. The van der Waals surface area contributed by atoms with Crippen molar-refractivity contribution >= 4 is 17.7 Å². The maximum Gasteiger partial charge on any atom is 0.277 e. The Labute approximate surface area is 107 Å². The van der Waals surface area contributed by atoms with E-state index in [1.165, 1.54) is 0 Å². The van der Waals surface area contributed by atoms with Gasteiger partial charge in [0.15, 0.2) is 0 Å². The first-order valence-electron chi connectivity index (χ1n) is 5.32. The topological polar surface area (TPSA) is 91.9 Å². The van der Waals surface area contributed by atoms with Crippen LogP contribution < -0.4 is 5.11 Å². The van der Waals surface area contributed by atoms with E-state index in [1.807, 2.05) is 0 Å². The maximum atomic E-state index is 10.8. The van der Waals surface area contributed by atoms with Crippen LogP contribution in [0.3, 0.4) is 0 Å². The third-order valence-electron chi connectivity index (χ3n) is 2.21. The molecule has 0 saturated heterocycles. The van der Waals surface area contributed by atoms with Crippen LogP contribution in [0.4, 0.5) is 0 Å². The average Bonchev–Trinajstić information content (AvgIpc) is 2.85. The van der Waals surface area contributed by atoms with Crippen LogP contribution in [-0.4, -0.2) is 26.4 Å². The minimum Gasteiger partial charge on any atom is -0.549 e. The Morgan fingerprint density at radius 1 is 1.44 bits per heavy atom. The van der Waals surface area contributed by atoms with Gasteiger partial charge in [0, 0.05) is 18.0 Å². The van der Waals surface area contributed by atoms with Gasteiger partial charge < -0.3 is 14.3 Å². The number of carboxylic acids is 1. The molecule has 7 heteroatoms. The molecule has 2 heterocycles. The van der Waals surface area contributed by atoms with Crippen molar-refractivity contribution in [2.45, 2.75) is 23.8 Å². The van der Waals surface area contributed by atoms with E-state index in [0.29, 0.717) is 12.3 Å². The molecule has 18 heavy (non-hydrogen) atoms. The van der Waals surface area contributed by atoms with Crippen LogP contribution in [0.5, 0.6) is 0 Å². The highest BCUT2D eigenvalue weighted by Crippen LogP contribution is 2.26. The fourth-order valence-corrected chi connectivity index (χ4v) is 2.01. The lowest BCUT2D eigenvalue weighted by molar-refractivity contribution is -0.304. The van der Waals surface area contributed by atoms with Gasteiger partial charge in [-0.05, 0) is 18.6 Å². The summed E-state index contributed by atoms with van der Waals surface area (Å²) in [5, 5.41) is 18.0. The van der Waals surface area contributed by atoms with E-state index in [1.54, 1.807) is 31.5 Å². The summed E-state index contributed by atoms with van der Waals surface area (Å²) >= 11 is 0.994. The van der Waals surface area contributed by atoms with Crippen molar-refractivity contribution in [1.29, 1.82) is 0 Å². The Morgan fingerprint density at radius 3 is 2.78 bits per heavy atom. The van der Waals surface area contributed by atoms with Gasteiger partial charge in [0.2, 0.25) is 5.89 Å². The molecule has 2 aromatic rings. The molecule has 0 fully saturated rings. The number of thioether (sulfide) groups is 1. The summed E-state index contributed by atoms with van der Waals surface area (Å²) in [6, 6.07) is 3.47. The zero-order chi connectivity index (χ0) is 13.0. The van der Waals surface area contributed by atoms with Crippen molar-refractivity contribution < 1.29 is 14.3 Å². The summed E-state index contributed by atoms with van der Waals surface area (Å²) in [5.41, 5.74) is 0.742. The molecule has 0 N–H and O–H groups in total. The summed E-state index contributed by atoms with van der Waals surface area (Å²) in [7, 11) is 0. The van der Waals surface area contributed by atoms with Gasteiger partial charge in [-0.1, -0.05) is 18.7 Å². The molecular weight excluding hydrogens is 254 g/mol. The van der Waals surface area contributed by atoms with Crippen molar-refractivity contribution in [3.05, 3.63) is 24.5 Å². The molecule has 0 aliphatic carbocycles. The number of hydrogen-bond acceptors (Lipinski definition) is 7. The average molecular weight is 264 g/mol. The first kappa shape index (κ1) is 12.6. The molecule has 0 unspecified atom stereocenters. The second kappa shape index (κ2) is 5.63. The van der Waals surface area contributed by atoms with E-state index >= 15 is 0 Å². The van der Waals surface area contributed by atoms with E-state index in [0.717, 1.165) is 17.3 Å². The van der Waals surface area contributed by atoms with Crippen LogP contribution in [-0.2, 0) is 4.79 Å². The molecule has 2 aromatic heterocycles. The van der Waals surface area contributed by atoms with Gasteiger partial charge in [-0.25, -0.2) is 0 Å². The number of rotatable bonds is 5. The van der Waals surface area contributed by atoms with Crippen molar-refractivity contribution in [3.8, 4) is 11.5 Å². The van der Waals surface area contributed by atoms with Crippen molar-refractivity contribution in [2.24, 2.45) is 0 Å². The van der Waals surface area contributed by atoms with Gasteiger partial charge in [0.25, 0.3) is 5.22 Å². The Kier molecular flexibility index (Phi) is 3.93. The van der Waals surface area contributed by atoms with Gasteiger partial charge in [-0.15, -0.1) is 10.2 Å². The van der Waals surface area contributed by atoms with E-state index in [2.05, 4.69) is 15.2 Å². The van der Waals surface area contributed by atoms with Gasteiger partial charge in [0.1, 0.15) is 0 Å². The summed E-state index contributed by atoms with van der Waals surface area (Å²) in [4.78, 5) is 14.7. The Balaban J connectivity index is 2.14. The first-order chi connectivity index (χ1) is 8.70. The van der Waals surface area contributed by atoms with Gasteiger partial charge >= 0.3 is 0 Å². The summed E-state index contributed by atoms with van der Waals surface area (Å²) < 4.78 is 5.37. The molecule has 0 aromatic carbocycles. The fraction of sp³-hybridized carbons (Fsp3) is 0.273. The molecule has 0 spiro atoms. The van der Waals surface area contributed by atoms with Crippen LogP contribution in [0.2, 0.25) is 0 Å². The van der Waals surface area contributed by atoms with Gasteiger partial charge in [-0.2, -0.15) is 0 Å². The van der Waals surface area contributed by atoms with Crippen molar-refractivity contribution in [1.82, 2.24) is 15.2 Å². The largest absolute Gasteiger partial charge is 0.549 e. The number of hydrogen-bond donors (Lipinski definition) is 0. The highest BCUT2D eigenvalue weighted by atomic mass is 32.2. The molecule has 1 atom stereocenters. The normalized spacial score (nSPS) is 12.3. The summed E-state index contributed by atoms with van der Waals surface area (Å²) in [5.74, 6) is -0.792. The number of carbonyl (C=O) groups excluding carboxylic acids is 1. The Hall–Kier alpha value is -1.89. The number of carbonyl (C=O) groups is 1. The monoisotopic (exact) mass is 264 g/mol. The van der Waals surface area contributed by atoms with Crippen molar-refractivity contribution in [3.63, 3.8) is 0 Å². The number of carboxylic acid groups (broad SMARTS) is 1. The summed E-state index contributed by atoms with van der Waals surface area (Å²) in [6.07, 6.45) is 3.66. The SMILES string of the molecule is CC[C@@H](Sc1nnc(-c2ccncc2)o1)C(=O)[O-]. The second-order valence-corrected chi connectivity index (χ2v) is 4.60. The lowest BCUT2D eigenvalue weighted by Gasteiger charge is -2.11. The quantitative estimate of drug-likeness (QED) is 0.736. The zero-order valence-corrected chi connectivity index (χ0v) is 10.4. The number of pyridine rings is 1. The van der Waals surface area contributed by atoms with Crippen LogP contribution in [0.15, 0.2) is 34.2 Å². The number of nitrogens with zero attached hydrogens (tertiary/aromatic N) is 3. The van der Waals surface area contributed by atoms with Crippen LogP contribution >= 0.6 is 11.8 Å². The predicted octanol–water partition coefficient (Wildman–Crippen LogP) is 0.752. The van der Waals surface area contributed by atoms with Crippen LogP contribution in [0.25, 0.3) is 11.5 Å². The molecule has 0 aliphatic heterocycles. The second-order valence-electron chi connectivity index (χ2n) is 3.44. The standard InChI is InChI=1S/C11H11N3O3S/c1-2-8(10(15)16)18-11-14-13-9(17-11)7-3-5-12-6-4-7/h3-6,8H,2H2,1H3,(H,15,16)/p-1/t8-/m1/s1. The lowest BCUT2D eigenvalue weighted by Crippen LogP contribution is -2.32. The van der Waals surface area contributed by atoms with Crippen LogP contribution in [0, 0.1) is 0 Å². The number of aliphatic carboxylic acids is 1. The van der Waals surface area contributed by atoms with Crippen molar-refractivity contribution in [2.75, 3.05) is 0 Å².